The Morgan fingerprint density at radius 1 is 1.25 bits per heavy atom. The van der Waals surface area contributed by atoms with Gasteiger partial charge in [0.1, 0.15) is 0 Å². The Kier molecular flexibility index (Phi) is 2.92. The van der Waals surface area contributed by atoms with Gasteiger partial charge in [0.05, 0.1) is 12.1 Å². The fraction of sp³-hybridized carbons (Fsp3) is 0.467. The van der Waals surface area contributed by atoms with Crippen molar-refractivity contribution in [3.05, 3.63) is 35.4 Å². The summed E-state index contributed by atoms with van der Waals surface area (Å²) in [6, 6.07) is 8.00. The van der Waals surface area contributed by atoms with Crippen LogP contribution in [0.4, 0.5) is 0 Å². The van der Waals surface area contributed by atoms with E-state index in [4.69, 9.17) is 5.73 Å². The molecule has 2 unspecified atom stereocenters. The molecule has 1 aromatic rings. The first-order valence-corrected chi connectivity index (χ1v) is 6.86. The summed E-state index contributed by atoms with van der Waals surface area (Å²) in [4.78, 5) is 25.8. The minimum Gasteiger partial charge on any atom is -0.324 e. The number of hydrogen-bond acceptors (Lipinski definition) is 4. The summed E-state index contributed by atoms with van der Waals surface area (Å²) in [5.41, 5.74) is 7.73. The molecule has 0 saturated carbocycles. The number of fused-ring (bicyclic) bond motifs is 1. The highest BCUT2D eigenvalue weighted by atomic mass is 16.2. The maximum atomic E-state index is 12.1. The molecule has 1 aliphatic heterocycles. The number of hydrogen-bond donors (Lipinski definition) is 2. The number of amides is 2. The molecule has 5 nitrogen and oxygen atoms in total. The van der Waals surface area contributed by atoms with E-state index >= 15 is 0 Å². The van der Waals surface area contributed by atoms with Gasteiger partial charge in [0.2, 0.25) is 11.8 Å². The molecule has 1 aliphatic carbocycles. The molecular weight excluding hydrogens is 254 g/mol. The fourth-order valence-electron chi connectivity index (χ4n) is 3.24. The van der Waals surface area contributed by atoms with E-state index in [2.05, 4.69) is 5.32 Å². The van der Waals surface area contributed by atoms with Gasteiger partial charge >= 0.3 is 0 Å². The Balaban J connectivity index is 2.01. The largest absolute Gasteiger partial charge is 0.324 e. The van der Waals surface area contributed by atoms with Gasteiger partial charge in [-0.15, -0.1) is 0 Å². The van der Waals surface area contributed by atoms with Gasteiger partial charge in [-0.3, -0.25) is 19.8 Å². The summed E-state index contributed by atoms with van der Waals surface area (Å²) in [6.45, 7) is 3.92. The topological polar surface area (TPSA) is 75.4 Å². The van der Waals surface area contributed by atoms with E-state index in [1.165, 1.54) is 0 Å². The van der Waals surface area contributed by atoms with Gasteiger partial charge < -0.3 is 5.73 Å². The van der Waals surface area contributed by atoms with Gasteiger partial charge in [0.15, 0.2) is 0 Å². The van der Waals surface area contributed by atoms with Crippen LogP contribution >= 0.6 is 0 Å². The molecule has 2 amide bonds. The number of piperazine rings is 1. The molecule has 3 N–H and O–H groups in total. The highest BCUT2D eigenvalue weighted by Crippen LogP contribution is 2.43. The highest BCUT2D eigenvalue weighted by Gasteiger charge is 2.46. The minimum atomic E-state index is -0.713. The van der Waals surface area contributed by atoms with Crippen molar-refractivity contribution in [3.8, 4) is 0 Å². The van der Waals surface area contributed by atoms with Crippen LogP contribution in [0.3, 0.4) is 0 Å². The third-order valence-corrected chi connectivity index (χ3v) is 4.45. The summed E-state index contributed by atoms with van der Waals surface area (Å²) in [6.07, 6.45) is 0.739. The lowest BCUT2D eigenvalue weighted by Crippen LogP contribution is -2.64. The van der Waals surface area contributed by atoms with Gasteiger partial charge in [-0.25, -0.2) is 0 Å². The molecule has 3 rings (SSSR count). The van der Waals surface area contributed by atoms with Crippen LogP contribution in [0.5, 0.6) is 0 Å². The summed E-state index contributed by atoms with van der Waals surface area (Å²) < 4.78 is 0. The van der Waals surface area contributed by atoms with E-state index in [1.807, 2.05) is 43.0 Å². The van der Waals surface area contributed by atoms with E-state index in [1.54, 1.807) is 0 Å². The Labute approximate surface area is 118 Å². The first-order chi connectivity index (χ1) is 9.41. The molecule has 20 heavy (non-hydrogen) atoms. The average molecular weight is 273 g/mol. The van der Waals surface area contributed by atoms with E-state index in [9.17, 15) is 9.59 Å². The lowest BCUT2D eigenvalue weighted by molar-refractivity contribution is -0.147. The Morgan fingerprint density at radius 2 is 1.90 bits per heavy atom. The summed E-state index contributed by atoms with van der Waals surface area (Å²) in [7, 11) is 0. The van der Waals surface area contributed by atoms with Gasteiger partial charge in [-0.1, -0.05) is 24.3 Å². The Morgan fingerprint density at radius 3 is 2.60 bits per heavy atom. The maximum absolute atomic E-state index is 12.1. The van der Waals surface area contributed by atoms with Crippen LogP contribution < -0.4 is 11.1 Å². The zero-order chi connectivity index (χ0) is 14.5. The fourth-order valence-corrected chi connectivity index (χ4v) is 3.24. The van der Waals surface area contributed by atoms with Crippen molar-refractivity contribution in [1.29, 1.82) is 0 Å². The quantitative estimate of drug-likeness (QED) is 0.744. The predicted octanol–water partition coefficient (Wildman–Crippen LogP) is 0.868. The number of rotatable bonds is 1. The number of carbonyl (C=O) groups is 2. The van der Waals surface area contributed by atoms with E-state index in [-0.39, 0.29) is 30.4 Å². The second-order valence-corrected chi connectivity index (χ2v) is 6.05. The average Bonchev–Trinajstić information content (AvgIpc) is 2.72. The second kappa shape index (κ2) is 4.40. The molecule has 1 saturated heterocycles. The van der Waals surface area contributed by atoms with Crippen LogP contribution in [-0.4, -0.2) is 28.8 Å². The van der Waals surface area contributed by atoms with Crippen LogP contribution in [0.15, 0.2) is 24.3 Å². The normalized spacial score (nSPS) is 29.1. The number of nitrogens with zero attached hydrogens (tertiary/aromatic N) is 1. The number of nitrogens with two attached hydrogens (primary N) is 1. The first-order valence-electron chi connectivity index (χ1n) is 6.86. The molecule has 0 spiro atoms. The lowest BCUT2D eigenvalue weighted by atomic mass is 9.94. The first kappa shape index (κ1) is 13.3. The smallest absolute Gasteiger partial charge is 0.246 e. The van der Waals surface area contributed by atoms with Gasteiger partial charge in [-0.05, 0) is 31.4 Å². The SMILES string of the molecule is CC1(C)C(=O)NC(=O)CN1C1CC(N)c2ccccc21. The summed E-state index contributed by atoms with van der Waals surface area (Å²) in [5.74, 6) is -0.487. The standard InChI is InChI=1S/C15H19N3O2/c1-15(2)14(20)17-13(19)8-18(15)12-7-11(16)9-5-3-4-6-10(9)12/h3-6,11-12H,7-8,16H2,1-2H3,(H,17,19,20). The molecule has 0 aromatic heterocycles. The molecular formula is C15H19N3O2. The Hall–Kier alpha value is -1.72. The third-order valence-electron chi connectivity index (χ3n) is 4.45. The van der Waals surface area contributed by atoms with Crippen LogP contribution in [0.2, 0.25) is 0 Å². The maximum Gasteiger partial charge on any atom is 0.246 e. The minimum absolute atomic E-state index is 0.0196. The third kappa shape index (κ3) is 1.85. The molecule has 1 fully saturated rings. The van der Waals surface area contributed by atoms with Crippen molar-refractivity contribution >= 4 is 11.8 Å². The molecule has 2 aliphatic rings. The Bertz CT molecular complexity index is 582. The van der Waals surface area contributed by atoms with E-state index < -0.39 is 5.54 Å². The number of imide groups is 1. The summed E-state index contributed by atoms with van der Waals surface area (Å²) >= 11 is 0. The molecule has 2 atom stereocenters. The second-order valence-electron chi connectivity index (χ2n) is 6.05. The number of benzene rings is 1. The number of nitrogens with one attached hydrogen (secondary N) is 1. The van der Waals surface area contributed by atoms with Crippen molar-refractivity contribution in [2.24, 2.45) is 5.73 Å². The van der Waals surface area contributed by atoms with Crippen LogP contribution in [0.1, 0.15) is 43.5 Å². The molecule has 106 valence electrons. The van der Waals surface area contributed by atoms with Crippen molar-refractivity contribution in [3.63, 3.8) is 0 Å². The van der Waals surface area contributed by atoms with Crippen LogP contribution in [0.25, 0.3) is 0 Å². The summed E-state index contributed by atoms with van der Waals surface area (Å²) in [5, 5.41) is 2.41. The van der Waals surface area contributed by atoms with Gasteiger partial charge in [0.25, 0.3) is 0 Å². The molecule has 1 heterocycles. The zero-order valence-corrected chi connectivity index (χ0v) is 11.7. The van der Waals surface area contributed by atoms with Gasteiger partial charge in [0, 0.05) is 12.1 Å². The molecule has 1 aromatic carbocycles. The number of carbonyl (C=O) groups excluding carboxylic acids is 2. The van der Waals surface area contributed by atoms with Crippen molar-refractivity contribution in [2.45, 2.75) is 37.9 Å². The van der Waals surface area contributed by atoms with E-state index in [0.717, 1.165) is 17.5 Å². The zero-order valence-electron chi connectivity index (χ0n) is 11.7. The van der Waals surface area contributed by atoms with Crippen molar-refractivity contribution < 1.29 is 9.59 Å². The molecule has 5 heteroatoms. The lowest BCUT2D eigenvalue weighted by Gasteiger charge is -2.44. The monoisotopic (exact) mass is 273 g/mol. The molecule has 0 radical (unpaired) electrons. The van der Waals surface area contributed by atoms with Crippen molar-refractivity contribution in [1.82, 2.24) is 10.2 Å². The van der Waals surface area contributed by atoms with Gasteiger partial charge in [-0.2, -0.15) is 0 Å². The van der Waals surface area contributed by atoms with Crippen LogP contribution in [-0.2, 0) is 9.59 Å². The predicted molar refractivity (Wildman–Crippen MR) is 74.7 cm³/mol. The molecule has 0 bridgehead atoms. The van der Waals surface area contributed by atoms with Crippen molar-refractivity contribution in [2.75, 3.05) is 6.54 Å². The van der Waals surface area contributed by atoms with Crippen LogP contribution in [0, 0.1) is 0 Å². The highest BCUT2D eigenvalue weighted by molar-refractivity contribution is 6.03. The van der Waals surface area contributed by atoms with E-state index in [0.29, 0.717) is 0 Å².